The summed E-state index contributed by atoms with van der Waals surface area (Å²) in [5.41, 5.74) is 1.28. The van der Waals surface area contributed by atoms with Crippen LogP contribution in [0.15, 0.2) is 64.6 Å². The molecule has 1 heterocycles. The van der Waals surface area contributed by atoms with Gasteiger partial charge in [-0.1, -0.05) is 41.4 Å². The smallest absolute Gasteiger partial charge is 0.336 e. The first kappa shape index (κ1) is 26.5. The zero-order valence-corrected chi connectivity index (χ0v) is 22.6. The zero-order valence-electron chi connectivity index (χ0n) is 19.5. The van der Waals surface area contributed by atoms with Crippen LogP contribution in [0, 0.1) is 0 Å². The molecular formula is C26H19BrCl2N2O6. The Labute approximate surface area is 230 Å². The van der Waals surface area contributed by atoms with Gasteiger partial charge in [-0.15, -0.1) is 0 Å². The lowest BCUT2D eigenvalue weighted by atomic mass is 10.1. The second-order valence-electron chi connectivity index (χ2n) is 7.72. The summed E-state index contributed by atoms with van der Waals surface area (Å²) in [6.07, 6.45) is 1.38. The van der Waals surface area contributed by atoms with Gasteiger partial charge in [-0.05, 0) is 57.4 Å². The summed E-state index contributed by atoms with van der Waals surface area (Å²) in [5.74, 6) is -0.737. The van der Waals surface area contributed by atoms with E-state index in [1.807, 2.05) is 12.1 Å². The molecule has 1 aliphatic rings. The highest BCUT2D eigenvalue weighted by Gasteiger charge is 2.38. The summed E-state index contributed by atoms with van der Waals surface area (Å²) < 4.78 is 17.0. The van der Waals surface area contributed by atoms with Gasteiger partial charge in [0.2, 0.25) is 0 Å². The molecule has 0 unspecified atom stereocenters. The van der Waals surface area contributed by atoms with Crippen molar-refractivity contribution >= 4 is 68.7 Å². The quantitative estimate of drug-likeness (QED) is 0.261. The number of nitrogens with one attached hydrogen (secondary N) is 1. The number of nitrogens with zero attached hydrogens (tertiary/aromatic N) is 1. The van der Waals surface area contributed by atoms with Crippen LogP contribution in [0.25, 0.3) is 6.08 Å². The molecule has 8 nitrogen and oxygen atoms in total. The van der Waals surface area contributed by atoms with E-state index in [0.717, 1.165) is 10.5 Å². The summed E-state index contributed by atoms with van der Waals surface area (Å²) in [7, 11) is 2.76. The van der Waals surface area contributed by atoms with Crippen LogP contribution in [0.4, 0.5) is 10.5 Å². The molecule has 1 fully saturated rings. The molecule has 0 aromatic heterocycles. The highest BCUT2D eigenvalue weighted by atomic mass is 79.9. The van der Waals surface area contributed by atoms with Gasteiger partial charge in [0.25, 0.3) is 11.8 Å². The van der Waals surface area contributed by atoms with Crippen molar-refractivity contribution in [3.05, 3.63) is 85.8 Å². The number of hydrogen-bond donors (Lipinski definition) is 1. The number of anilines is 1. The van der Waals surface area contributed by atoms with Crippen molar-refractivity contribution in [2.75, 3.05) is 19.1 Å². The maximum absolute atomic E-state index is 13.3. The van der Waals surface area contributed by atoms with Crippen LogP contribution in [-0.2, 0) is 16.2 Å². The largest absolute Gasteiger partial charge is 0.495 e. The summed E-state index contributed by atoms with van der Waals surface area (Å²) in [5, 5.41) is 3.05. The van der Waals surface area contributed by atoms with Gasteiger partial charge in [0.1, 0.15) is 29.4 Å². The van der Waals surface area contributed by atoms with Crippen molar-refractivity contribution in [1.29, 1.82) is 0 Å². The van der Waals surface area contributed by atoms with E-state index in [2.05, 4.69) is 21.2 Å². The topological polar surface area (TPSA) is 94.2 Å². The molecule has 0 atom stereocenters. The molecule has 3 aromatic rings. The summed E-state index contributed by atoms with van der Waals surface area (Å²) in [6, 6.07) is 14.2. The number of amides is 4. The normalized spacial score (nSPS) is 14.6. The summed E-state index contributed by atoms with van der Waals surface area (Å²) in [4.78, 5) is 39.4. The van der Waals surface area contributed by atoms with E-state index in [4.69, 9.17) is 37.4 Å². The van der Waals surface area contributed by atoms with Crippen molar-refractivity contribution in [2.45, 2.75) is 6.61 Å². The third-order valence-electron chi connectivity index (χ3n) is 5.37. The van der Waals surface area contributed by atoms with Gasteiger partial charge in [0.15, 0.2) is 0 Å². The van der Waals surface area contributed by atoms with Crippen molar-refractivity contribution in [3.63, 3.8) is 0 Å². The van der Waals surface area contributed by atoms with Crippen LogP contribution in [0.5, 0.6) is 17.2 Å². The summed E-state index contributed by atoms with van der Waals surface area (Å²) in [6.45, 7) is 0.320. The number of urea groups is 1. The van der Waals surface area contributed by atoms with Gasteiger partial charge in [0.05, 0.1) is 29.4 Å². The summed E-state index contributed by atoms with van der Waals surface area (Å²) >= 11 is 15.5. The fraction of sp³-hybridized carbons (Fsp3) is 0.115. The number of rotatable bonds is 7. The van der Waals surface area contributed by atoms with E-state index >= 15 is 0 Å². The number of carbonyl (C=O) groups excluding carboxylic acids is 3. The molecule has 1 N–H and O–H groups in total. The Hall–Kier alpha value is -3.53. The number of carbonyl (C=O) groups is 3. The third kappa shape index (κ3) is 5.74. The number of imide groups is 2. The molecule has 3 aromatic carbocycles. The maximum atomic E-state index is 13.3. The fourth-order valence-electron chi connectivity index (χ4n) is 3.53. The highest BCUT2D eigenvalue weighted by molar-refractivity contribution is 9.10. The van der Waals surface area contributed by atoms with Gasteiger partial charge >= 0.3 is 6.03 Å². The van der Waals surface area contributed by atoms with Crippen LogP contribution >= 0.6 is 39.1 Å². The van der Waals surface area contributed by atoms with Gasteiger partial charge in [-0.2, -0.15) is 0 Å². The minimum Gasteiger partial charge on any atom is -0.495 e. The van der Waals surface area contributed by atoms with Gasteiger partial charge in [0, 0.05) is 17.2 Å². The molecule has 4 amide bonds. The number of halogens is 3. The zero-order chi connectivity index (χ0) is 26.7. The standard InChI is InChI=1S/C26H19BrCl2N2O6/c1-35-22-12-20(23(36-2)11-19(22)29)31-25(33)17(24(32)30-26(31)34)9-15-5-8-21(18(27)10-15)37-13-14-3-6-16(28)7-4-14/h3-12H,13H2,1-2H3,(H,30,32,34)/b17-9+. The molecule has 4 rings (SSSR count). The number of ether oxygens (including phenoxy) is 3. The Bertz CT molecular complexity index is 1430. The Kier molecular flexibility index (Phi) is 8.06. The van der Waals surface area contributed by atoms with Crippen LogP contribution in [0.3, 0.4) is 0 Å². The number of barbiturate groups is 1. The van der Waals surface area contributed by atoms with Gasteiger partial charge < -0.3 is 14.2 Å². The van der Waals surface area contributed by atoms with E-state index in [-0.39, 0.29) is 27.8 Å². The first-order chi connectivity index (χ1) is 17.7. The van der Waals surface area contributed by atoms with Crippen molar-refractivity contribution in [1.82, 2.24) is 5.32 Å². The number of benzene rings is 3. The molecule has 1 saturated heterocycles. The monoisotopic (exact) mass is 604 g/mol. The van der Waals surface area contributed by atoms with Crippen LogP contribution in [0.2, 0.25) is 10.0 Å². The predicted octanol–water partition coefficient (Wildman–Crippen LogP) is 6.02. The molecule has 37 heavy (non-hydrogen) atoms. The van der Waals surface area contributed by atoms with Gasteiger partial charge in [-0.3, -0.25) is 14.9 Å². The van der Waals surface area contributed by atoms with Crippen LogP contribution in [0.1, 0.15) is 11.1 Å². The Morgan fingerprint density at radius 3 is 2.27 bits per heavy atom. The van der Waals surface area contributed by atoms with Crippen LogP contribution in [-0.4, -0.2) is 32.1 Å². The van der Waals surface area contributed by atoms with E-state index in [0.29, 0.717) is 27.4 Å². The number of hydrogen-bond acceptors (Lipinski definition) is 6. The lowest BCUT2D eigenvalue weighted by Crippen LogP contribution is -2.54. The van der Waals surface area contributed by atoms with E-state index < -0.39 is 17.8 Å². The van der Waals surface area contributed by atoms with E-state index in [9.17, 15) is 14.4 Å². The third-order valence-corrected chi connectivity index (χ3v) is 6.54. The molecule has 1 aliphatic heterocycles. The molecule has 11 heteroatoms. The highest BCUT2D eigenvalue weighted by Crippen LogP contribution is 2.39. The molecular weight excluding hydrogens is 587 g/mol. The van der Waals surface area contributed by atoms with Gasteiger partial charge in [-0.25, -0.2) is 9.69 Å². The minimum atomic E-state index is -0.929. The fourth-order valence-corrected chi connectivity index (χ4v) is 4.40. The molecule has 0 aliphatic carbocycles. The molecule has 190 valence electrons. The predicted molar refractivity (Wildman–Crippen MR) is 143 cm³/mol. The maximum Gasteiger partial charge on any atom is 0.336 e. The lowest BCUT2D eigenvalue weighted by molar-refractivity contribution is -0.122. The average Bonchev–Trinajstić information content (AvgIpc) is 2.87. The Balaban J connectivity index is 1.61. The van der Waals surface area contributed by atoms with Crippen molar-refractivity contribution < 1.29 is 28.6 Å². The second kappa shape index (κ2) is 11.2. The van der Waals surface area contributed by atoms with Crippen molar-refractivity contribution in [2.24, 2.45) is 0 Å². The average molecular weight is 606 g/mol. The molecule has 0 radical (unpaired) electrons. The van der Waals surface area contributed by atoms with Crippen molar-refractivity contribution in [3.8, 4) is 17.2 Å². The first-order valence-electron chi connectivity index (χ1n) is 10.7. The lowest BCUT2D eigenvalue weighted by Gasteiger charge is -2.28. The minimum absolute atomic E-state index is 0.0665. The Morgan fingerprint density at radius 1 is 0.919 bits per heavy atom. The molecule has 0 bridgehead atoms. The van der Waals surface area contributed by atoms with Crippen LogP contribution < -0.4 is 24.4 Å². The first-order valence-corrected chi connectivity index (χ1v) is 12.3. The van der Waals surface area contributed by atoms with E-state index in [1.165, 1.54) is 32.4 Å². The number of methoxy groups -OCH3 is 2. The molecule has 0 spiro atoms. The Morgan fingerprint density at radius 2 is 1.62 bits per heavy atom. The SMILES string of the molecule is COc1cc(N2C(=O)NC(=O)/C(=C\c3ccc(OCc4ccc(Cl)cc4)c(Br)c3)C2=O)c(OC)cc1Cl. The second-order valence-corrected chi connectivity index (χ2v) is 9.42. The molecule has 0 saturated carbocycles. The van der Waals surface area contributed by atoms with E-state index in [1.54, 1.807) is 30.3 Å².